The standard InChI is InChI=1S/C21H22N8S/c1-13-7-9-16(10-8-13)23-20-25-18(24-19(22)26-20)12-30-21-28-27-15(3)29(21)17-6-4-5-14(2)11-17/h4-11H,12H2,1-3H3,(H3,22,23,24,25,26). The number of nitrogen functional groups attached to an aromatic ring is 1. The van der Waals surface area contributed by atoms with Crippen LogP contribution >= 0.6 is 11.8 Å². The minimum absolute atomic E-state index is 0.173. The highest BCUT2D eigenvalue weighted by atomic mass is 32.2. The number of aryl methyl sites for hydroxylation is 3. The van der Waals surface area contributed by atoms with Crippen molar-refractivity contribution in [1.82, 2.24) is 29.7 Å². The summed E-state index contributed by atoms with van der Waals surface area (Å²) >= 11 is 1.50. The lowest BCUT2D eigenvalue weighted by Crippen LogP contribution is -2.07. The van der Waals surface area contributed by atoms with E-state index in [9.17, 15) is 0 Å². The number of nitrogens with one attached hydrogen (secondary N) is 1. The van der Waals surface area contributed by atoms with Gasteiger partial charge in [-0.05, 0) is 50.6 Å². The summed E-state index contributed by atoms with van der Waals surface area (Å²) in [6.07, 6.45) is 0. The summed E-state index contributed by atoms with van der Waals surface area (Å²) in [6, 6.07) is 16.2. The summed E-state index contributed by atoms with van der Waals surface area (Å²) in [5.74, 6) is 2.46. The van der Waals surface area contributed by atoms with Crippen molar-refractivity contribution in [3.05, 3.63) is 71.3 Å². The van der Waals surface area contributed by atoms with Crippen molar-refractivity contribution in [1.29, 1.82) is 0 Å². The van der Waals surface area contributed by atoms with Crippen molar-refractivity contribution in [3.8, 4) is 5.69 Å². The van der Waals surface area contributed by atoms with Crippen LogP contribution in [0.5, 0.6) is 0 Å². The van der Waals surface area contributed by atoms with E-state index in [0.717, 1.165) is 22.4 Å². The van der Waals surface area contributed by atoms with Gasteiger partial charge in [0.1, 0.15) is 11.6 Å². The van der Waals surface area contributed by atoms with Crippen molar-refractivity contribution >= 4 is 29.3 Å². The fourth-order valence-electron chi connectivity index (χ4n) is 2.95. The first-order valence-electron chi connectivity index (χ1n) is 9.44. The van der Waals surface area contributed by atoms with Crippen LogP contribution in [0.25, 0.3) is 5.69 Å². The maximum atomic E-state index is 5.90. The summed E-state index contributed by atoms with van der Waals surface area (Å²) in [7, 11) is 0. The molecule has 0 aliphatic heterocycles. The highest BCUT2D eigenvalue weighted by Gasteiger charge is 2.13. The zero-order valence-corrected chi connectivity index (χ0v) is 17.8. The van der Waals surface area contributed by atoms with Crippen LogP contribution in [0.4, 0.5) is 17.6 Å². The average Bonchev–Trinajstić information content (AvgIpc) is 3.08. The van der Waals surface area contributed by atoms with Crippen LogP contribution in [0.3, 0.4) is 0 Å². The molecule has 0 bridgehead atoms. The average molecular weight is 419 g/mol. The Kier molecular flexibility index (Phi) is 5.62. The molecule has 0 saturated heterocycles. The molecule has 2 aromatic heterocycles. The number of benzene rings is 2. The SMILES string of the molecule is Cc1ccc(Nc2nc(N)nc(CSc3nnc(C)n3-c3cccc(C)c3)n2)cc1. The number of aromatic nitrogens is 6. The Labute approximate surface area is 179 Å². The Balaban J connectivity index is 1.53. The van der Waals surface area contributed by atoms with Crippen LogP contribution in [-0.4, -0.2) is 29.7 Å². The predicted octanol–water partition coefficient (Wildman–Crippen LogP) is 4.00. The zero-order chi connectivity index (χ0) is 21.1. The molecular weight excluding hydrogens is 396 g/mol. The van der Waals surface area contributed by atoms with E-state index in [2.05, 4.69) is 49.5 Å². The van der Waals surface area contributed by atoms with Gasteiger partial charge in [0.05, 0.1) is 5.75 Å². The molecule has 0 fully saturated rings. The van der Waals surface area contributed by atoms with Crippen molar-refractivity contribution < 1.29 is 0 Å². The highest BCUT2D eigenvalue weighted by molar-refractivity contribution is 7.98. The van der Waals surface area contributed by atoms with Crippen LogP contribution < -0.4 is 11.1 Å². The van der Waals surface area contributed by atoms with Crippen LogP contribution in [0, 0.1) is 20.8 Å². The number of thioether (sulfide) groups is 1. The van der Waals surface area contributed by atoms with Gasteiger partial charge in [0.2, 0.25) is 11.9 Å². The molecule has 0 spiro atoms. The van der Waals surface area contributed by atoms with E-state index in [4.69, 9.17) is 5.73 Å². The van der Waals surface area contributed by atoms with E-state index in [1.165, 1.54) is 22.9 Å². The van der Waals surface area contributed by atoms with Crippen LogP contribution in [0.2, 0.25) is 0 Å². The molecule has 0 atom stereocenters. The van der Waals surface area contributed by atoms with Gasteiger partial charge in [-0.2, -0.15) is 15.0 Å². The normalized spacial score (nSPS) is 10.9. The van der Waals surface area contributed by atoms with E-state index in [1.54, 1.807) is 0 Å². The van der Waals surface area contributed by atoms with Gasteiger partial charge < -0.3 is 11.1 Å². The summed E-state index contributed by atoms with van der Waals surface area (Å²) < 4.78 is 2.02. The van der Waals surface area contributed by atoms with Crippen molar-refractivity contribution in [3.63, 3.8) is 0 Å². The van der Waals surface area contributed by atoms with E-state index in [1.807, 2.05) is 54.8 Å². The first-order chi connectivity index (χ1) is 14.5. The van der Waals surface area contributed by atoms with Gasteiger partial charge in [-0.25, -0.2) is 0 Å². The van der Waals surface area contributed by atoms with Gasteiger partial charge in [0.25, 0.3) is 0 Å². The number of nitrogens with zero attached hydrogens (tertiary/aromatic N) is 6. The topological polar surface area (TPSA) is 107 Å². The molecule has 4 rings (SSSR count). The predicted molar refractivity (Wildman–Crippen MR) is 119 cm³/mol. The lowest BCUT2D eigenvalue weighted by atomic mass is 10.2. The second-order valence-electron chi connectivity index (χ2n) is 6.92. The molecular formula is C21H22N8S. The first kappa shape index (κ1) is 19.8. The van der Waals surface area contributed by atoms with E-state index in [-0.39, 0.29) is 5.95 Å². The molecule has 2 heterocycles. The Morgan fingerprint density at radius 1 is 0.933 bits per heavy atom. The molecule has 0 saturated carbocycles. The molecule has 9 heteroatoms. The van der Waals surface area contributed by atoms with E-state index < -0.39 is 0 Å². The maximum absolute atomic E-state index is 5.90. The molecule has 8 nitrogen and oxygen atoms in total. The van der Waals surface area contributed by atoms with Gasteiger partial charge >= 0.3 is 0 Å². The lowest BCUT2D eigenvalue weighted by molar-refractivity contribution is 0.864. The van der Waals surface area contributed by atoms with Gasteiger partial charge in [-0.1, -0.05) is 41.6 Å². The van der Waals surface area contributed by atoms with Crippen molar-refractivity contribution in [2.24, 2.45) is 0 Å². The molecule has 30 heavy (non-hydrogen) atoms. The molecule has 0 amide bonds. The molecule has 0 aliphatic carbocycles. The molecule has 152 valence electrons. The highest BCUT2D eigenvalue weighted by Crippen LogP contribution is 2.25. The molecule has 4 aromatic rings. The third kappa shape index (κ3) is 4.57. The van der Waals surface area contributed by atoms with Gasteiger partial charge in [-0.3, -0.25) is 4.57 Å². The van der Waals surface area contributed by atoms with E-state index >= 15 is 0 Å². The number of anilines is 3. The number of hydrogen-bond donors (Lipinski definition) is 2. The third-order valence-corrected chi connectivity index (χ3v) is 5.32. The largest absolute Gasteiger partial charge is 0.368 e. The zero-order valence-electron chi connectivity index (χ0n) is 17.0. The van der Waals surface area contributed by atoms with Gasteiger partial charge in [-0.15, -0.1) is 10.2 Å². The van der Waals surface area contributed by atoms with Crippen molar-refractivity contribution in [2.45, 2.75) is 31.7 Å². The Bertz CT molecular complexity index is 1170. The monoisotopic (exact) mass is 418 g/mol. The van der Waals surface area contributed by atoms with Gasteiger partial charge in [0, 0.05) is 11.4 Å². The third-order valence-electron chi connectivity index (χ3n) is 4.39. The second-order valence-corrected chi connectivity index (χ2v) is 7.86. The summed E-state index contributed by atoms with van der Waals surface area (Å²) in [5.41, 5.74) is 10.2. The molecule has 0 radical (unpaired) electrons. The van der Waals surface area contributed by atoms with Crippen molar-refractivity contribution in [2.75, 3.05) is 11.1 Å². The summed E-state index contributed by atoms with van der Waals surface area (Å²) in [5, 5.41) is 12.5. The fourth-order valence-corrected chi connectivity index (χ4v) is 3.81. The van der Waals surface area contributed by atoms with E-state index in [0.29, 0.717) is 17.5 Å². The molecule has 3 N–H and O–H groups in total. The summed E-state index contributed by atoms with van der Waals surface area (Å²) in [4.78, 5) is 13.0. The summed E-state index contributed by atoms with van der Waals surface area (Å²) in [6.45, 7) is 6.04. The Morgan fingerprint density at radius 3 is 2.50 bits per heavy atom. The Hall–Kier alpha value is -3.46. The number of nitrogens with two attached hydrogens (primary N) is 1. The Morgan fingerprint density at radius 2 is 1.73 bits per heavy atom. The van der Waals surface area contributed by atoms with Crippen LogP contribution in [-0.2, 0) is 5.75 Å². The quantitative estimate of drug-likeness (QED) is 0.453. The van der Waals surface area contributed by atoms with Crippen LogP contribution in [0.1, 0.15) is 22.8 Å². The van der Waals surface area contributed by atoms with Crippen LogP contribution in [0.15, 0.2) is 53.7 Å². The lowest BCUT2D eigenvalue weighted by Gasteiger charge is -2.10. The molecule has 0 aliphatic rings. The molecule has 0 unspecified atom stereocenters. The van der Waals surface area contributed by atoms with Gasteiger partial charge in [0.15, 0.2) is 5.16 Å². The minimum atomic E-state index is 0.173. The fraction of sp³-hybridized carbons (Fsp3) is 0.190. The molecule has 2 aromatic carbocycles. The smallest absolute Gasteiger partial charge is 0.232 e. The first-order valence-corrected chi connectivity index (χ1v) is 10.4. The number of rotatable bonds is 6. The number of hydrogen-bond acceptors (Lipinski definition) is 8. The maximum Gasteiger partial charge on any atom is 0.232 e. The second kappa shape index (κ2) is 8.50. The minimum Gasteiger partial charge on any atom is -0.368 e.